The Morgan fingerprint density at radius 1 is 0.500 bits per heavy atom. The van der Waals surface area contributed by atoms with Gasteiger partial charge in [-0.05, 0) is 38.5 Å². The number of rotatable bonds is 35. The molecule has 0 heterocycles. The molecule has 1 N–H and O–H groups in total. The van der Waals surface area contributed by atoms with Crippen molar-refractivity contribution < 1.29 is 24.2 Å². The molecule has 0 amide bonds. The van der Waals surface area contributed by atoms with E-state index < -0.39 is 6.10 Å². The first kappa shape index (κ1) is 42.6. The van der Waals surface area contributed by atoms with Crippen LogP contribution in [0.2, 0.25) is 0 Å². The van der Waals surface area contributed by atoms with Crippen LogP contribution in [0.1, 0.15) is 206 Å². The van der Waals surface area contributed by atoms with Gasteiger partial charge in [-0.25, -0.2) is 0 Å². The second-order valence-corrected chi connectivity index (χ2v) is 13.0. The normalized spacial score (nSPS) is 12.2. The third kappa shape index (κ3) is 33.5. The first-order chi connectivity index (χ1) is 21.6. The quantitative estimate of drug-likeness (QED) is 0.0432. The summed E-state index contributed by atoms with van der Waals surface area (Å²) in [6, 6.07) is 0. The smallest absolute Gasteiger partial charge is 0.306 e. The predicted octanol–water partition coefficient (Wildman–Crippen LogP) is 11.7. The third-order valence-electron chi connectivity index (χ3n) is 8.56. The molecule has 1 atom stereocenters. The minimum atomic E-state index is -0.767. The summed E-state index contributed by atoms with van der Waals surface area (Å²) in [5.74, 6) is -0.591. The number of carbonyl (C=O) groups excluding carboxylic acids is 2. The van der Waals surface area contributed by atoms with Gasteiger partial charge in [0.05, 0.1) is 6.61 Å². The lowest BCUT2D eigenvalue weighted by Crippen LogP contribution is -2.28. The molecule has 0 saturated carbocycles. The number of aliphatic hydroxyl groups excluding tert-OH is 1. The van der Waals surface area contributed by atoms with Crippen molar-refractivity contribution in [2.24, 2.45) is 0 Å². The molecule has 0 aromatic rings. The van der Waals surface area contributed by atoms with Gasteiger partial charge in [-0.2, -0.15) is 0 Å². The summed E-state index contributed by atoms with van der Waals surface area (Å²) in [5, 5.41) is 9.53. The molecule has 44 heavy (non-hydrogen) atoms. The largest absolute Gasteiger partial charge is 0.462 e. The molecule has 0 spiro atoms. The molecule has 0 unspecified atom stereocenters. The molecule has 0 saturated heterocycles. The van der Waals surface area contributed by atoms with Crippen LogP contribution in [0, 0.1) is 0 Å². The van der Waals surface area contributed by atoms with Crippen molar-refractivity contribution in [1.82, 2.24) is 0 Å². The van der Waals surface area contributed by atoms with E-state index in [1.807, 2.05) is 0 Å². The number of hydrogen-bond acceptors (Lipinski definition) is 5. The number of aliphatic hydroxyl groups is 1. The van der Waals surface area contributed by atoms with Gasteiger partial charge < -0.3 is 14.6 Å². The lowest BCUT2D eigenvalue weighted by atomic mass is 10.0. The van der Waals surface area contributed by atoms with Crippen molar-refractivity contribution in [2.75, 3.05) is 13.2 Å². The van der Waals surface area contributed by atoms with Gasteiger partial charge in [-0.3, -0.25) is 9.59 Å². The lowest BCUT2D eigenvalue weighted by Gasteiger charge is -2.15. The van der Waals surface area contributed by atoms with Crippen LogP contribution in [-0.4, -0.2) is 36.4 Å². The molecular formula is C39H74O5. The third-order valence-corrected chi connectivity index (χ3v) is 8.56. The molecule has 5 nitrogen and oxygen atoms in total. The van der Waals surface area contributed by atoms with Crippen molar-refractivity contribution in [1.29, 1.82) is 0 Å². The maximum Gasteiger partial charge on any atom is 0.306 e. The van der Waals surface area contributed by atoms with Crippen LogP contribution in [0.25, 0.3) is 0 Å². The molecule has 5 heteroatoms. The average Bonchev–Trinajstić information content (AvgIpc) is 3.02. The van der Waals surface area contributed by atoms with E-state index in [1.165, 1.54) is 135 Å². The van der Waals surface area contributed by atoms with Gasteiger partial charge in [0.15, 0.2) is 6.10 Å². The van der Waals surface area contributed by atoms with Gasteiger partial charge in [0.1, 0.15) is 6.61 Å². The summed E-state index contributed by atoms with van der Waals surface area (Å²) < 4.78 is 10.6. The summed E-state index contributed by atoms with van der Waals surface area (Å²) in [5.41, 5.74) is 0. The Hall–Kier alpha value is -1.36. The molecule has 0 aliphatic carbocycles. The fourth-order valence-corrected chi connectivity index (χ4v) is 5.61. The number of unbranched alkanes of at least 4 members (excludes halogenated alkanes) is 25. The fraction of sp³-hybridized carbons (Fsp3) is 0.897. The Morgan fingerprint density at radius 2 is 0.841 bits per heavy atom. The fourth-order valence-electron chi connectivity index (χ4n) is 5.61. The maximum absolute atomic E-state index is 12.1. The Morgan fingerprint density at radius 3 is 1.23 bits per heavy atom. The molecule has 0 aromatic carbocycles. The van der Waals surface area contributed by atoms with Crippen molar-refractivity contribution >= 4 is 11.9 Å². The van der Waals surface area contributed by atoms with Crippen LogP contribution in [0.4, 0.5) is 0 Å². The van der Waals surface area contributed by atoms with E-state index >= 15 is 0 Å². The highest BCUT2D eigenvalue weighted by atomic mass is 16.6. The number of carbonyl (C=O) groups is 2. The summed E-state index contributed by atoms with van der Waals surface area (Å²) in [4.78, 5) is 24.2. The molecule has 0 rings (SSSR count). The van der Waals surface area contributed by atoms with E-state index in [1.54, 1.807) is 0 Å². The van der Waals surface area contributed by atoms with Crippen molar-refractivity contribution in [3.8, 4) is 0 Å². The van der Waals surface area contributed by atoms with Crippen LogP contribution in [-0.2, 0) is 19.1 Å². The number of allylic oxidation sites excluding steroid dienone is 2. The summed E-state index contributed by atoms with van der Waals surface area (Å²) in [6.07, 6.45) is 39.8. The van der Waals surface area contributed by atoms with E-state index in [4.69, 9.17) is 9.47 Å². The average molecular weight is 623 g/mol. The van der Waals surface area contributed by atoms with Crippen molar-refractivity contribution in [2.45, 2.75) is 213 Å². The van der Waals surface area contributed by atoms with Crippen LogP contribution >= 0.6 is 0 Å². The minimum Gasteiger partial charge on any atom is -0.462 e. The topological polar surface area (TPSA) is 72.8 Å². The zero-order valence-corrected chi connectivity index (χ0v) is 29.4. The number of ether oxygens (including phenoxy) is 2. The minimum absolute atomic E-state index is 0.0645. The Kier molecular flexibility index (Phi) is 35.0. The van der Waals surface area contributed by atoms with Crippen LogP contribution in [0.15, 0.2) is 12.2 Å². The van der Waals surface area contributed by atoms with Crippen LogP contribution in [0.5, 0.6) is 0 Å². The van der Waals surface area contributed by atoms with E-state index in [-0.39, 0.29) is 25.2 Å². The van der Waals surface area contributed by atoms with Crippen LogP contribution in [0.3, 0.4) is 0 Å². The maximum atomic E-state index is 12.1. The van der Waals surface area contributed by atoms with Crippen molar-refractivity contribution in [3.63, 3.8) is 0 Å². The van der Waals surface area contributed by atoms with Crippen LogP contribution < -0.4 is 0 Å². The van der Waals surface area contributed by atoms with E-state index in [2.05, 4.69) is 26.0 Å². The molecule has 0 aliphatic rings. The van der Waals surface area contributed by atoms with Crippen molar-refractivity contribution in [3.05, 3.63) is 12.2 Å². The Balaban J connectivity index is 3.54. The molecular weight excluding hydrogens is 548 g/mol. The van der Waals surface area contributed by atoms with E-state index in [0.717, 1.165) is 44.9 Å². The van der Waals surface area contributed by atoms with Gasteiger partial charge in [-0.1, -0.05) is 167 Å². The highest BCUT2D eigenvalue weighted by Crippen LogP contribution is 2.14. The van der Waals surface area contributed by atoms with Gasteiger partial charge in [0.2, 0.25) is 0 Å². The first-order valence-corrected chi connectivity index (χ1v) is 19.2. The highest BCUT2D eigenvalue weighted by Gasteiger charge is 2.16. The SMILES string of the molecule is CCCCCCCCC/C=C\CCCCCCCC(=O)OC[C@H](CO)OC(=O)CCCCCCCCCCCCCCCC. The molecule has 0 fully saturated rings. The standard InChI is InChI=1S/C39H74O5/c1-3-5-7-9-11-13-15-17-19-20-22-23-25-27-29-31-33-38(41)43-36-37(35-40)44-39(42)34-32-30-28-26-24-21-18-16-14-12-10-8-6-4-2/h19-20,37,40H,3-18,21-36H2,1-2H3/b20-19-/t37-/m0/s1. The summed E-state index contributed by atoms with van der Waals surface area (Å²) >= 11 is 0. The first-order valence-electron chi connectivity index (χ1n) is 19.2. The van der Waals surface area contributed by atoms with E-state index in [0.29, 0.717) is 12.8 Å². The van der Waals surface area contributed by atoms with Gasteiger partial charge >= 0.3 is 11.9 Å². The van der Waals surface area contributed by atoms with Gasteiger partial charge in [-0.15, -0.1) is 0 Å². The molecule has 0 radical (unpaired) electrons. The molecule has 0 bridgehead atoms. The molecule has 260 valence electrons. The molecule has 0 aromatic heterocycles. The summed E-state index contributed by atoms with van der Waals surface area (Å²) in [6.45, 7) is 4.14. The number of hydrogen-bond donors (Lipinski definition) is 1. The molecule has 0 aliphatic heterocycles. The summed E-state index contributed by atoms with van der Waals surface area (Å²) in [7, 11) is 0. The van der Waals surface area contributed by atoms with Gasteiger partial charge in [0.25, 0.3) is 0 Å². The Bertz CT molecular complexity index is 632. The second-order valence-electron chi connectivity index (χ2n) is 13.0. The monoisotopic (exact) mass is 623 g/mol. The highest BCUT2D eigenvalue weighted by molar-refractivity contribution is 5.70. The zero-order valence-electron chi connectivity index (χ0n) is 29.4. The second kappa shape index (κ2) is 36.1. The van der Waals surface area contributed by atoms with Gasteiger partial charge in [0, 0.05) is 12.8 Å². The van der Waals surface area contributed by atoms with E-state index in [9.17, 15) is 14.7 Å². The lowest BCUT2D eigenvalue weighted by molar-refractivity contribution is -0.161. The number of esters is 2. The predicted molar refractivity (Wildman–Crippen MR) is 187 cm³/mol. The Labute approximate surface area is 273 Å². The zero-order chi connectivity index (χ0) is 32.2.